The third kappa shape index (κ3) is 3.30. The Morgan fingerprint density at radius 3 is 2.58 bits per heavy atom. The quantitative estimate of drug-likeness (QED) is 0.605. The Hall–Kier alpha value is -3.54. The van der Waals surface area contributed by atoms with Gasteiger partial charge in [-0.25, -0.2) is 15.0 Å². The van der Waals surface area contributed by atoms with E-state index in [1.807, 2.05) is 53.2 Å². The third-order valence-corrected chi connectivity index (χ3v) is 4.13. The van der Waals surface area contributed by atoms with E-state index in [9.17, 15) is 4.79 Å². The normalized spacial score (nSPS) is 10.8. The molecular formula is C20H17N5O. The van der Waals surface area contributed by atoms with Crippen molar-refractivity contribution in [3.05, 3.63) is 78.9 Å². The summed E-state index contributed by atoms with van der Waals surface area (Å²) in [5.41, 5.74) is 0.654. The number of imidazole rings is 1. The molecule has 0 saturated heterocycles. The molecule has 0 radical (unpaired) electrons. The van der Waals surface area contributed by atoms with Crippen molar-refractivity contribution in [2.45, 2.75) is 6.54 Å². The van der Waals surface area contributed by atoms with Gasteiger partial charge in [0.1, 0.15) is 0 Å². The molecule has 0 bridgehead atoms. The van der Waals surface area contributed by atoms with Crippen LogP contribution in [0.25, 0.3) is 22.4 Å². The second-order valence-electron chi connectivity index (χ2n) is 5.83. The van der Waals surface area contributed by atoms with Crippen LogP contribution in [-0.4, -0.2) is 32.0 Å². The molecule has 6 nitrogen and oxygen atoms in total. The fourth-order valence-electron chi connectivity index (χ4n) is 2.83. The van der Waals surface area contributed by atoms with Crippen molar-refractivity contribution in [2.24, 2.45) is 0 Å². The summed E-state index contributed by atoms with van der Waals surface area (Å²) in [5.74, 6) is 1.16. The zero-order valence-electron chi connectivity index (χ0n) is 14.0. The van der Waals surface area contributed by atoms with Crippen LogP contribution in [0.4, 0.5) is 0 Å². The van der Waals surface area contributed by atoms with Crippen LogP contribution in [0.3, 0.4) is 0 Å². The summed E-state index contributed by atoms with van der Waals surface area (Å²) >= 11 is 0. The average molecular weight is 343 g/mol. The number of benzene rings is 2. The summed E-state index contributed by atoms with van der Waals surface area (Å²) in [6.07, 6.45) is 6.93. The zero-order valence-corrected chi connectivity index (χ0v) is 14.0. The lowest BCUT2D eigenvalue weighted by molar-refractivity contribution is 0.0952. The van der Waals surface area contributed by atoms with E-state index >= 15 is 0 Å². The molecule has 0 aliphatic heterocycles. The molecule has 0 atom stereocenters. The van der Waals surface area contributed by atoms with Gasteiger partial charge >= 0.3 is 0 Å². The van der Waals surface area contributed by atoms with E-state index in [2.05, 4.69) is 20.3 Å². The van der Waals surface area contributed by atoms with E-state index in [0.717, 1.165) is 10.8 Å². The van der Waals surface area contributed by atoms with Gasteiger partial charge in [0, 0.05) is 43.4 Å². The molecular weight excluding hydrogens is 326 g/mol. The van der Waals surface area contributed by atoms with Gasteiger partial charge in [0.25, 0.3) is 5.91 Å². The SMILES string of the molecule is O=C(NCCn1ccnc1-c1ncccn1)c1ccc2ccccc2c1. The zero-order chi connectivity index (χ0) is 17.8. The first-order valence-electron chi connectivity index (χ1n) is 8.37. The molecule has 0 unspecified atom stereocenters. The minimum Gasteiger partial charge on any atom is -0.350 e. The smallest absolute Gasteiger partial charge is 0.251 e. The van der Waals surface area contributed by atoms with Gasteiger partial charge in [-0.2, -0.15) is 0 Å². The number of rotatable bonds is 5. The van der Waals surface area contributed by atoms with Gasteiger partial charge in [-0.3, -0.25) is 4.79 Å². The number of carbonyl (C=O) groups is 1. The van der Waals surface area contributed by atoms with Crippen molar-refractivity contribution in [1.29, 1.82) is 0 Å². The molecule has 2 aromatic heterocycles. The molecule has 4 aromatic rings. The van der Waals surface area contributed by atoms with Crippen LogP contribution in [0, 0.1) is 0 Å². The Bertz CT molecular complexity index is 1040. The van der Waals surface area contributed by atoms with Gasteiger partial charge in [0.2, 0.25) is 0 Å². The Morgan fingerprint density at radius 2 is 1.73 bits per heavy atom. The first-order chi connectivity index (χ1) is 12.8. The minimum atomic E-state index is -0.0895. The lowest BCUT2D eigenvalue weighted by Crippen LogP contribution is -2.27. The maximum Gasteiger partial charge on any atom is 0.251 e. The standard InChI is InChI=1S/C20H17N5O/c26-20(17-7-6-15-4-1-2-5-16(15)14-17)24-11-13-25-12-10-23-19(25)18-21-8-3-9-22-18/h1-10,12,14H,11,13H2,(H,24,26). The largest absolute Gasteiger partial charge is 0.350 e. The van der Waals surface area contributed by atoms with Gasteiger partial charge in [-0.05, 0) is 29.0 Å². The van der Waals surface area contributed by atoms with Crippen LogP contribution in [0.2, 0.25) is 0 Å². The summed E-state index contributed by atoms with van der Waals surface area (Å²) in [4.78, 5) is 25.2. The highest BCUT2D eigenvalue weighted by molar-refractivity contribution is 5.98. The van der Waals surface area contributed by atoms with Gasteiger partial charge in [0.05, 0.1) is 0 Å². The molecule has 1 N–H and O–H groups in total. The molecule has 1 amide bonds. The first kappa shape index (κ1) is 16.0. The van der Waals surface area contributed by atoms with Crippen molar-refractivity contribution in [1.82, 2.24) is 24.8 Å². The minimum absolute atomic E-state index is 0.0895. The monoisotopic (exact) mass is 343 g/mol. The highest BCUT2D eigenvalue weighted by atomic mass is 16.1. The van der Waals surface area contributed by atoms with Crippen molar-refractivity contribution < 1.29 is 4.79 Å². The van der Waals surface area contributed by atoms with Crippen molar-refractivity contribution in [2.75, 3.05) is 6.54 Å². The highest BCUT2D eigenvalue weighted by Gasteiger charge is 2.09. The summed E-state index contributed by atoms with van der Waals surface area (Å²) in [6.45, 7) is 1.08. The summed E-state index contributed by atoms with van der Waals surface area (Å²) in [5, 5.41) is 5.13. The van der Waals surface area contributed by atoms with Gasteiger partial charge in [-0.1, -0.05) is 30.3 Å². The number of aromatic nitrogens is 4. The number of amides is 1. The van der Waals surface area contributed by atoms with Crippen molar-refractivity contribution >= 4 is 16.7 Å². The lowest BCUT2D eigenvalue weighted by atomic mass is 10.1. The molecule has 2 aromatic carbocycles. The average Bonchev–Trinajstić information content (AvgIpc) is 3.17. The van der Waals surface area contributed by atoms with E-state index in [-0.39, 0.29) is 5.91 Å². The van der Waals surface area contributed by atoms with Gasteiger partial charge < -0.3 is 9.88 Å². The molecule has 0 saturated carbocycles. The molecule has 128 valence electrons. The number of hydrogen-bond donors (Lipinski definition) is 1. The Morgan fingerprint density at radius 1 is 0.923 bits per heavy atom. The Balaban J connectivity index is 1.42. The molecule has 2 heterocycles. The molecule has 0 fully saturated rings. The number of fused-ring (bicyclic) bond motifs is 1. The molecule has 0 spiro atoms. The van der Waals surface area contributed by atoms with Gasteiger partial charge in [-0.15, -0.1) is 0 Å². The summed E-state index contributed by atoms with van der Waals surface area (Å²) < 4.78 is 1.93. The van der Waals surface area contributed by atoms with Crippen LogP contribution in [0.15, 0.2) is 73.3 Å². The molecule has 6 heteroatoms. The maximum atomic E-state index is 12.4. The van der Waals surface area contributed by atoms with Crippen molar-refractivity contribution in [3.8, 4) is 11.6 Å². The number of nitrogens with zero attached hydrogens (tertiary/aromatic N) is 4. The second kappa shape index (κ2) is 7.14. The fourth-order valence-corrected chi connectivity index (χ4v) is 2.83. The summed E-state index contributed by atoms with van der Waals surface area (Å²) in [6, 6.07) is 15.5. The molecule has 0 aliphatic rings. The van der Waals surface area contributed by atoms with Crippen LogP contribution in [-0.2, 0) is 6.54 Å². The predicted octanol–water partition coefficient (Wildman–Crippen LogP) is 2.92. The van der Waals surface area contributed by atoms with E-state index in [4.69, 9.17) is 0 Å². The number of hydrogen-bond acceptors (Lipinski definition) is 4. The third-order valence-electron chi connectivity index (χ3n) is 4.13. The topological polar surface area (TPSA) is 72.7 Å². The highest BCUT2D eigenvalue weighted by Crippen LogP contribution is 2.15. The Kier molecular flexibility index (Phi) is 4.38. The van der Waals surface area contributed by atoms with Crippen LogP contribution in [0.1, 0.15) is 10.4 Å². The molecule has 4 rings (SSSR count). The van der Waals surface area contributed by atoms with Crippen LogP contribution in [0.5, 0.6) is 0 Å². The second-order valence-corrected chi connectivity index (χ2v) is 5.83. The van der Waals surface area contributed by atoms with Crippen LogP contribution >= 0.6 is 0 Å². The maximum absolute atomic E-state index is 12.4. The molecule has 0 aliphatic carbocycles. The molecule has 26 heavy (non-hydrogen) atoms. The van der Waals surface area contributed by atoms with E-state index < -0.39 is 0 Å². The van der Waals surface area contributed by atoms with E-state index in [0.29, 0.717) is 30.3 Å². The van der Waals surface area contributed by atoms with Crippen LogP contribution < -0.4 is 5.32 Å². The Labute approximate surface area is 150 Å². The number of carbonyl (C=O) groups excluding carboxylic acids is 1. The van der Waals surface area contributed by atoms with Crippen molar-refractivity contribution in [3.63, 3.8) is 0 Å². The van der Waals surface area contributed by atoms with E-state index in [1.54, 1.807) is 24.7 Å². The lowest BCUT2D eigenvalue weighted by Gasteiger charge is -2.09. The fraction of sp³-hybridized carbons (Fsp3) is 0.100. The first-order valence-corrected chi connectivity index (χ1v) is 8.37. The predicted molar refractivity (Wildman–Crippen MR) is 99.5 cm³/mol. The van der Waals surface area contributed by atoms with Gasteiger partial charge in [0.15, 0.2) is 11.6 Å². The number of nitrogens with one attached hydrogen (secondary N) is 1. The summed E-state index contributed by atoms with van der Waals surface area (Å²) in [7, 11) is 0. The van der Waals surface area contributed by atoms with E-state index in [1.165, 1.54) is 0 Å².